The van der Waals surface area contributed by atoms with Gasteiger partial charge in [0.1, 0.15) is 0 Å². The summed E-state index contributed by atoms with van der Waals surface area (Å²) in [4.78, 5) is 22.9. The molecule has 23 heavy (non-hydrogen) atoms. The summed E-state index contributed by atoms with van der Waals surface area (Å²) in [5, 5.41) is 23.0. The summed E-state index contributed by atoms with van der Waals surface area (Å²) >= 11 is 0. The van der Waals surface area contributed by atoms with Crippen LogP contribution in [0.1, 0.15) is 42.5 Å². The Morgan fingerprint density at radius 1 is 1.30 bits per heavy atom. The Balaban J connectivity index is 1.69. The van der Waals surface area contributed by atoms with Crippen LogP contribution < -0.4 is 10.4 Å². The minimum absolute atomic E-state index is 0.244. The maximum atomic E-state index is 11.9. The molecule has 0 radical (unpaired) electrons. The first-order chi connectivity index (χ1) is 11.1. The van der Waals surface area contributed by atoms with Gasteiger partial charge >= 0.3 is 5.97 Å². The third-order valence-electron chi connectivity index (χ3n) is 3.28. The number of unbranched alkanes of at least 4 members (excludes halogenated alkanes) is 3. The first kappa shape index (κ1) is 16.7. The largest absolute Gasteiger partial charge is 0.462 e. The van der Waals surface area contributed by atoms with Crippen LogP contribution in [0.4, 0.5) is 0 Å². The lowest BCUT2D eigenvalue weighted by molar-refractivity contribution is -0.782. The highest BCUT2D eigenvalue weighted by molar-refractivity contribution is 5.92. The van der Waals surface area contributed by atoms with Crippen molar-refractivity contribution in [3.8, 4) is 0 Å². The molecule has 0 bridgehead atoms. The van der Waals surface area contributed by atoms with E-state index in [0.29, 0.717) is 18.4 Å². The van der Waals surface area contributed by atoms with Crippen LogP contribution in [0.5, 0.6) is 0 Å². The fourth-order valence-corrected chi connectivity index (χ4v) is 2.05. The number of hydroxylamine groups is 1. The van der Waals surface area contributed by atoms with Gasteiger partial charge in [0, 0.05) is 17.6 Å². The van der Waals surface area contributed by atoms with Crippen LogP contribution in [0.15, 0.2) is 22.8 Å². The molecule has 1 heterocycles. The Kier molecular flexibility index (Phi) is 5.87. The van der Waals surface area contributed by atoms with Crippen LogP contribution in [0, 0.1) is 5.21 Å². The summed E-state index contributed by atoms with van der Waals surface area (Å²) in [5.41, 5.74) is 2.40. The predicted octanol–water partition coefficient (Wildman–Crippen LogP) is 1.07. The fourth-order valence-electron chi connectivity index (χ4n) is 2.05. The molecule has 124 valence electrons. The maximum absolute atomic E-state index is 11.9. The van der Waals surface area contributed by atoms with Crippen molar-refractivity contribution < 1.29 is 29.1 Å². The van der Waals surface area contributed by atoms with Gasteiger partial charge in [0.2, 0.25) is 16.9 Å². The first-order valence-corrected chi connectivity index (χ1v) is 7.21. The molecule has 1 amide bonds. The fraction of sp³-hybridized carbons (Fsp3) is 0.429. The van der Waals surface area contributed by atoms with Gasteiger partial charge in [-0.1, -0.05) is 12.8 Å². The number of ether oxygens (including phenoxy) is 1. The number of amides is 1. The van der Waals surface area contributed by atoms with Gasteiger partial charge in [-0.3, -0.25) is 14.6 Å². The SMILES string of the molecule is O=C(CCCCCCOC(=O)c1ccc2c(c1)no[n+]2[O-])NO. The highest BCUT2D eigenvalue weighted by Gasteiger charge is 2.14. The van der Waals surface area contributed by atoms with Gasteiger partial charge in [-0.05, 0) is 29.9 Å². The molecule has 9 nitrogen and oxygen atoms in total. The van der Waals surface area contributed by atoms with E-state index in [1.54, 1.807) is 5.48 Å². The van der Waals surface area contributed by atoms with Gasteiger partial charge in [-0.15, -0.1) is 0 Å². The van der Waals surface area contributed by atoms with E-state index >= 15 is 0 Å². The number of benzene rings is 1. The van der Waals surface area contributed by atoms with Crippen LogP contribution in [0.3, 0.4) is 0 Å². The second-order valence-corrected chi connectivity index (χ2v) is 4.97. The average Bonchev–Trinajstić information content (AvgIpc) is 2.94. The highest BCUT2D eigenvalue weighted by atomic mass is 16.8. The van der Waals surface area contributed by atoms with Gasteiger partial charge in [-0.25, -0.2) is 10.3 Å². The molecule has 0 aliphatic rings. The summed E-state index contributed by atoms with van der Waals surface area (Å²) < 4.78 is 9.56. The number of esters is 1. The molecule has 1 aromatic carbocycles. The molecule has 1 aromatic heterocycles. The number of carbonyl (C=O) groups is 2. The highest BCUT2D eigenvalue weighted by Crippen LogP contribution is 2.12. The van der Waals surface area contributed by atoms with Crippen molar-refractivity contribution in [1.82, 2.24) is 10.6 Å². The molecule has 2 N–H and O–H groups in total. The quantitative estimate of drug-likeness (QED) is 0.244. The molecule has 0 saturated heterocycles. The number of nitrogens with zero attached hydrogens (tertiary/aromatic N) is 2. The summed E-state index contributed by atoms with van der Waals surface area (Å²) in [6.07, 6.45) is 3.23. The van der Waals surface area contributed by atoms with Crippen molar-refractivity contribution in [1.29, 1.82) is 0 Å². The zero-order valence-electron chi connectivity index (χ0n) is 12.4. The second kappa shape index (κ2) is 8.08. The minimum atomic E-state index is -0.494. The van der Waals surface area contributed by atoms with E-state index in [1.807, 2.05) is 0 Å². The Hall–Kier alpha value is -2.68. The lowest BCUT2D eigenvalue weighted by Crippen LogP contribution is -2.22. The van der Waals surface area contributed by atoms with Crippen molar-refractivity contribution in [2.45, 2.75) is 32.1 Å². The third-order valence-corrected chi connectivity index (χ3v) is 3.28. The zero-order chi connectivity index (χ0) is 16.7. The number of aromatic nitrogens is 2. The summed E-state index contributed by atoms with van der Waals surface area (Å²) in [6, 6.07) is 4.36. The molecule has 2 rings (SSSR count). The summed E-state index contributed by atoms with van der Waals surface area (Å²) in [5.74, 6) is -0.897. The standard InChI is InChI=1S/C14H17N3O6/c18-13(15-20)5-3-1-2-4-8-22-14(19)10-6-7-12-11(9-10)16-23-17(12)21/h6-7,9,20H,1-5,8H2,(H,15,18). The Labute approximate surface area is 131 Å². The van der Waals surface area contributed by atoms with Gasteiger partial charge in [0.05, 0.1) is 12.2 Å². The molecule has 0 aliphatic heterocycles. The van der Waals surface area contributed by atoms with Gasteiger partial charge < -0.3 is 9.94 Å². The number of fused-ring (bicyclic) bond motifs is 1. The lowest BCUT2D eigenvalue weighted by Gasteiger charge is -2.04. The average molecular weight is 323 g/mol. The van der Waals surface area contributed by atoms with Crippen LogP contribution in [-0.2, 0) is 9.53 Å². The van der Waals surface area contributed by atoms with Gasteiger partial charge in [-0.2, -0.15) is 0 Å². The Bertz CT molecular complexity index is 684. The van der Waals surface area contributed by atoms with Crippen LogP contribution >= 0.6 is 0 Å². The number of carbonyl (C=O) groups excluding carboxylic acids is 2. The van der Waals surface area contributed by atoms with E-state index in [1.165, 1.54) is 18.2 Å². The van der Waals surface area contributed by atoms with E-state index in [9.17, 15) is 14.8 Å². The third kappa shape index (κ3) is 4.65. The monoisotopic (exact) mass is 323 g/mol. The van der Waals surface area contributed by atoms with Crippen LogP contribution in [0.2, 0.25) is 0 Å². The van der Waals surface area contributed by atoms with Crippen molar-refractivity contribution in [2.24, 2.45) is 0 Å². The van der Waals surface area contributed by atoms with Gasteiger partial charge in [0.25, 0.3) is 0 Å². The van der Waals surface area contributed by atoms with E-state index < -0.39 is 11.9 Å². The topological polar surface area (TPSA) is 129 Å². The molecule has 9 heteroatoms. The molecule has 0 spiro atoms. The predicted molar refractivity (Wildman–Crippen MR) is 76.3 cm³/mol. The van der Waals surface area contributed by atoms with E-state index in [-0.39, 0.29) is 29.0 Å². The molecule has 2 aromatic rings. The number of nitrogens with one attached hydrogen (secondary N) is 1. The minimum Gasteiger partial charge on any atom is -0.462 e. The smallest absolute Gasteiger partial charge is 0.338 e. The first-order valence-electron chi connectivity index (χ1n) is 7.21. The summed E-state index contributed by atoms with van der Waals surface area (Å²) in [6.45, 7) is 0.267. The number of rotatable bonds is 8. The molecule has 0 fully saturated rings. The molecule has 0 saturated carbocycles. The number of hydrogen-bond acceptors (Lipinski definition) is 7. The van der Waals surface area contributed by atoms with E-state index in [4.69, 9.17) is 9.94 Å². The van der Waals surface area contributed by atoms with Crippen molar-refractivity contribution in [3.05, 3.63) is 29.0 Å². The molecular weight excluding hydrogens is 306 g/mol. The maximum Gasteiger partial charge on any atom is 0.338 e. The van der Waals surface area contributed by atoms with Crippen molar-refractivity contribution in [2.75, 3.05) is 6.61 Å². The second-order valence-electron chi connectivity index (χ2n) is 4.97. The van der Waals surface area contributed by atoms with Crippen LogP contribution in [-0.4, -0.2) is 28.8 Å². The van der Waals surface area contributed by atoms with E-state index in [2.05, 4.69) is 9.79 Å². The van der Waals surface area contributed by atoms with Crippen molar-refractivity contribution in [3.63, 3.8) is 0 Å². The lowest BCUT2D eigenvalue weighted by atomic mass is 10.1. The molecule has 0 atom stereocenters. The molecule has 0 aliphatic carbocycles. The normalized spacial score (nSPS) is 10.7. The Morgan fingerprint density at radius 3 is 2.87 bits per heavy atom. The van der Waals surface area contributed by atoms with Gasteiger partial charge in [0.15, 0.2) is 0 Å². The molecular formula is C14H17N3O6. The zero-order valence-corrected chi connectivity index (χ0v) is 12.4. The van der Waals surface area contributed by atoms with Crippen molar-refractivity contribution >= 4 is 22.9 Å². The van der Waals surface area contributed by atoms with Crippen LogP contribution in [0.25, 0.3) is 11.0 Å². The summed E-state index contributed by atoms with van der Waals surface area (Å²) in [7, 11) is 0. The molecule has 0 unspecified atom stereocenters. The number of hydrogen-bond donors (Lipinski definition) is 2. The Morgan fingerprint density at radius 2 is 2.09 bits per heavy atom. The van der Waals surface area contributed by atoms with E-state index in [0.717, 1.165) is 12.8 Å².